The molecule has 1 heterocycles. The van der Waals surface area contributed by atoms with Gasteiger partial charge < -0.3 is 15.3 Å². The second-order valence-corrected chi connectivity index (χ2v) is 19.0. The van der Waals surface area contributed by atoms with Crippen molar-refractivity contribution in [2.24, 2.45) is 56.7 Å². The molecule has 6 aliphatic rings. The molecule has 1 saturated heterocycles. The fraction of sp³-hybridized carbons (Fsp3) is 0.727. The number of benzene rings is 1. The number of hydrogen-bond acceptors (Lipinski definition) is 3. The molecule has 1 amide bonds. The summed E-state index contributed by atoms with van der Waals surface area (Å²) in [4.78, 5) is 26.8. The third-order valence-corrected chi connectivity index (χ3v) is 16.7. The van der Waals surface area contributed by atoms with Crippen molar-refractivity contribution in [2.45, 2.75) is 119 Å². The molecule has 5 fully saturated rings. The van der Waals surface area contributed by atoms with Crippen molar-refractivity contribution in [3.05, 3.63) is 53.6 Å². The summed E-state index contributed by atoms with van der Waals surface area (Å²) in [6, 6.07) is 7.61. The number of rotatable bonds is 7. The number of carbonyl (C=O) groups is 2. The Labute approximate surface area is 296 Å². The Bertz CT molecular complexity index is 1500. The summed E-state index contributed by atoms with van der Waals surface area (Å²) in [5.41, 5.74) is 5.43. The van der Waals surface area contributed by atoms with E-state index in [1.807, 2.05) is 12.1 Å². The first-order valence-electron chi connectivity index (χ1n) is 19.9. The minimum absolute atomic E-state index is 0.0202. The molecule has 2 N–H and O–H groups in total. The zero-order valence-electron chi connectivity index (χ0n) is 31.5. The van der Waals surface area contributed by atoms with Gasteiger partial charge in [0, 0.05) is 19.6 Å². The van der Waals surface area contributed by atoms with Gasteiger partial charge in [-0.25, -0.2) is 4.79 Å². The molecular formula is C44H64N2O3. The molecule has 1 aliphatic heterocycles. The van der Waals surface area contributed by atoms with E-state index >= 15 is 0 Å². The summed E-state index contributed by atoms with van der Waals surface area (Å²) in [5.74, 6) is 2.64. The first-order chi connectivity index (χ1) is 23.2. The molecule has 0 spiro atoms. The molecule has 9 atom stereocenters. The molecule has 1 aromatic carbocycles. The third-order valence-electron chi connectivity index (χ3n) is 16.7. The average Bonchev–Trinajstić information content (AvgIpc) is 3.45. The molecule has 1 aromatic rings. The van der Waals surface area contributed by atoms with E-state index in [2.05, 4.69) is 64.4 Å². The normalized spacial score (nSPS) is 41.1. The molecule has 5 nitrogen and oxygen atoms in total. The van der Waals surface area contributed by atoms with E-state index < -0.39 is 5.97 Å². The van der Waals surface area contributed by atoms with Gasteiger partial charge in [0.2, 0.25) is 5.91 Å². The molecule has 0 radical (unpaired) electrons. The number of nitrogens with zero attached hydrogens (tertiary/aromatic N) is 1. The first kappa shape index (κ1) is 35.0. The molecule has 268 valence electrons. The van der Waals surface area contributed by atoms with Gasteiger partial charge in [-0.1, -0.05) is 65.0 Å². The minimum atomic E-state index is -0.863. The number of allylic oxidation sites excluding steroid dienone is 3. The van der Waals surface area contributed by atoms with Gasteiger partial charge in [-0.15, -0.1) is 0 Å². The summed E-state index contributed by atoms with van der Waals surface area (Å²) >= 11 is 0. The van der Waals surface area contributed by atoms with Gasteiger partial charge in [-0.2, -0.15) is 0 Å². The highest BCUT2D eigenvalue weighted by molar-refractivity contribution is 5.88. The largest absolute Gasteiger partial charge is 0.478 e. The van der Waals surface area contributed by atoms with E-state index in [0.29, 0.717) is 53.0 Å². The summed E-state index contributed by atoms with van der Waals surface area (Å²) in [6.07, 6.45) is 17.5. The maximum Gasteiger partial charge on any atom is 0.335 e. The van der Waals surface area contributed by atoms with Crippen molar-refractivity contribution in [1.82, 2.24) is 10.2 Å². The molecule has 0 aromatic heterocycles. The van der Waals surface area contributed by atoms with Gasteiger partial charge in [0.25, 0.3) is 0 Å². The number of amides is 1. The predicted octanol–water partition coefficient (Wildman–Crippen LogP) is 9.64. The van der Waals surface area contributed by atoms with Crippen LogP contribution in [0.4, 0.5) is 0 Å². The van der Waals surface area contributed by atoms with Gasteiger partial charge in [0.1, 0.15) is 0 Å². The van der Waals surface area contributed by atoms with Gasteiger partial charge in [-0.3, -0.25) is 4.79 Å². The van der Waals surface area contributed by atoms with E-state index in [0.717, 1.165) is 38.9 Å². The van der Waals surface area contributed by atoms with E-state index in [-0.39, 0.29) is 21.7 Å². The molecule has 49 heavy (non-hydrogen) atoms. The quantitative estimate of drug-likeness (QED) is 0.284. The topological polar surface area (TPSA) is 69.6 Å². The van der Waals surface area contributed by atoms with Crippen LogP contribution in [-0.2, 0) is 4.79 Å². The number of nitrogens with one attached hydrogen (secondary N) is 1. The molecule has 0 bridgehead atoms. The Kier molecular flexibility index (Phi) is 8.85. The number of carbonyl (C=O) groups excluding carboxylic acids is 1. The summed E-state index contributed by atoms with van der Waals surface area (Å²) in [5, 5.41) is 13.3. The fourth-order valence-electron chi connectivity index (χ4n) is 14.2. The van der Waals surface area contributed by atoms with Crippen molar-refractivity contribution in [3.8, 4) is 0 Å². The number of likely N-dealkylation sites (tertiary alicyclic amines) is 1. The van der Waals surface area contributed by atoms with Crippen LogP contribution in [0, 0.1) is 56.7 Å². The average molecular weight is 669 g/mol. The molecular weight excluding hydrogens is 604 g/mol. The van der Waals surface area contributed by atoms with Crippen molar-refractivity contribution in [3.63, 3.8) is 0 Å². The van der Waals surface area contributed by atoms with E-state index in [9.17, 15) is 14.7 Å². The van der Waals surface area contributed by atoms with Crippen LogP contribution in [0.25, 0.3) is 5.57 Å². The molecule has 0 unspecified atom stereocenters. The lowest BCUT2D eigenvalue weighted by Gasteiger charge is -2.72. The molecule has 5 aliphatic carbocycles. The standard InChI is InChI=1S/C44H64N2O3/c1-29(2)32-17-22-44(28-45-27-37(47)46-25-9-8-10-26-46)24-23-42(6)34(38(32)44)15-16-36-41(5)20-18-33(30-11-13-31(14-12-30)39(48)49)40(3,4)35(41)19-21-43(36,42)7/h11-14,18,32,34-36,38,45H,1,8-10,15-17,19-28H2,2-7H3,(H,48,49)/t32-,34+,35-,36+,38+,41-,42+,43+,44+/m0/s1. The van der Waals surface area contributed by atoms with E-state index in [1.165, 1.54) is 74.5 Å². The summed E-state index contributed by atoms with van der Waals surface area (Å²) in [6.45, 7) is 23.2. The van der Waals surface area contributed by atoms with E-state index in [1.54, 1.807) is 12.1 Å². The number of aromatic carboxylic acids is 1. The number of hydrogen-bond donors (Lipinski definition) is 2. The Hall–Kier alpha value is -2.40. The van der Waals surface area contributed by atoms with Crippen LogP contribution in [0.5, 0.6) is 0 Å². The highest BCUT2D eigenvalue weighted by Crippen LogP contribution is 2.77. The maximum atomic E-state index is 13.1. The zero-order chi connectivity index (χ0) is 35.0. The number of carboxylic acids is 1. The van der Waals surface area contributed by atoms with Crippen LogP contribution in [0.2, 0.25) is 0 Å². The predicted molar refractivity (Wildman–Crippen MR) is 199 cm³/mol. The smallest absolute Gasteiger partial charge is 0.335 e. The highest BCUT2D eigenvalue weighted by atomic mass is 16.4. The van der Waals surface area contributed by atoms with Crippen LogP contribution in [-0.4, -0.2) is 48.1 Å². The highest BCUT2D eigenvalue weighted by Gasteiger charge is 2.70. The maximum absolute atomic E-state index is 13.1. The van der Waals surface area contributed by atoms with Crippen molar-refractivity contribution >= 4 is 17.4 Å². The Morgan fingerprint density at radius 3 is 2.27 bits per heavy atom. The lowest BCUT2D eigenvalue weighted by atomic mass is 9.32. The zero-order valence-corrected chi connectivity index (χ0v) is 31.5. The number of fused-ring (bicyclic) bond motifs is 7. The van der Waals surface area contributed by atoms with Gasteiger partial charge in [-0.05, 0) is 164 Å². The van der Waals surface area contributed by atoms with Crippen LogP contribution in [0.1, 0.15) is 135 Å². The summed E-state index contributed by atoms with van der Waals surface area (Å²) < 4.78 is 0. The van der Waals surface area contributed by atoms with Crippen LogP contribution >= 0.6 is 0 Å². The Balaban J connectivity index is 1.15. The van der Waals surface area contributed by atoms with Crippen molar-refractivity contribution in [1.29, 1.82) is 0 Å². The lowest BCUT2D eigenvalue weighted by Crippen LogP contribution is -2.66. The van der Waals surface area contributed by atoms with Crippen molar-refractivity contribution < 1.29 is 14.7 Å². The summed E-state index contributed by atoms with van der Waals surface area (Å²) in [7, 11) is 0. The minimum Gasteiger partial charge on any atom is -0.478 e. The second kappa shape index (κ2) is 12.4. The Morgan fingerprint density at radius 1 is 0.878 bits per heavy atom. The van der Waals surface area contributed by atoms with Gasteiger partial charge >= 0.3 is 5.97 Å². The van der Waals surface area contributed by atoms with Crippen LogP contribution < -0.4 is 5.32 Å². The van der Waals surface area contributed by atoms with Gasteiger partial charge in [0.05, 0.1) is 12.1 Å². The van der Waals surface area contributed by atoms with E-state index in [4.69, 9.17) is 0 Å². The molecule has 5 heteroatoms. The van der Waals surface area contributed by atoms with Gasteiger partial charge in [0.15, 0.2) is 0 Å². The van der Waals surface area contributed by atoms with Crippen LogP contribution in [0.3, 0.4) is 0 Å². The first-order valence-corrected chi connectivity index (χ1v) is 19.9. The number of carboxylic acid groups (broad SMARTS) is 1. The molecule has 4 saturated carbocycles. The van der Waals surface area contributed by atoms with Crippen molar-refractivity contribution in [2.75, 3.05) is 26.2 Å². The second-order valence-electron chi connectivity index (χ2n) is 19.0. The number of piperidine rings is 1. The SMILES string of the molecule is C=C(C)[C@@H]1CC[C@]2(CNCC(=O)N3CCCCC3)CC[C@]3(C)[C@H](CC[C@@H]4[C@@]5(C)CC=C(c6ccc(C(=O)O)cc6)C(C)(C)[C@@H]5CC[C@]43C)[C@@H]12. The fourth-order valence-corrected chi connectivity index (χ4v) is 14.2. The van der Waals surface area contributed by atoms with Crippen LogP contribution in [0.15, 0.2) is 42.5 Å². The third kappa shape index (κ3) is 5.32. The lowest BCUT2D eigenvalue weighted by molar-refractivity contribution is -0.225. The monoisotopic (exact) mass is 668 g/mol. The molecule has 7 rings (SSSR count). The Morgan fingerprint density at radius 2 is 1.59 bits per heavy atom.